The molecule has 0 aliphatic carbocycles. The lowest BCUT2D eigenvalue weighted by atomic mass is 10.6. The molecular weight excluding hydrogens is 187 g/mol. The van der Waals surface area contributed by atoms with Gasteiger partial charge in [-0.25, -0.2) is 0 Å². The van der Waals surface area contributed by atoms with Crippen LogP contribution in [-0.4, -0.2) is 9.66 Å². The van der Waals surface area contributed by atoms with E-state index in [0.29, 0.717) is 5.33 Å². The molecule has 0 nitrogen and oxygen atoms in total. The fourth-order valence-electron chi connectivity index (χ4n) is 0. The first-order valence-corrected chi connectivity index (χ1v) is 3.38. The summed E-state index contributed by atoms with van der Waals surface area (Å²) >= 11 is 14.0. The van der Waals surface area contributed by atoms with Crippen molar-refractivity contribution >= 4 is 39.1 Å². The van der Waals surface area contributed by atoms with Crippen molar-refractivity contribution < 1.29 is 0 Å². The Balaban J connectivity index is 3.17. The van der Waals surface area contributed by atoms with Crippen molar-refractivity contribution in [1.82, 2.24) is 0 Å². The van der Waals surface area contributed by atoms with Gasteiger partial charge in [0.15, 0.2) is 0 Å². The minimum Gasteiger partial charge on any atom is -0.101 e. The number of hydrogen-bond donors (Lipinski definition) is 0. The Hall–Kier alpha value is 1.06. The average Bonchev–Trinajstić information content (AvgIpc) is 1.35. The van der Waals surface area contributed by atoms with Crippen LogP contribution in [0, 0.1) is 0 Å². The summed E-state index contributed by atoms with van der Waals surface area (Å²) in [4.78, 5) is 0. The van der Waals surface area contributed by atoms with Crippen LogP contribution in [0.5, 0.6) is 0 Å². The van der Waals surface area contributed by atoms with E-state index in [2.05, 4.69) is 15.9 Å². The summed E-state index contributed by atoms with van der Waals surface area (Å²) in [6.45, 7) is 1.73. The van der Waals surface area contributed by atoms with Crippen LogP contribution in [-0.2, 0) is 0 Å². The smallest absolute Gasteiger partial charge is 0.101 e. The molecule has 0 fully saturated rings. The van der Waals surface area contributed by atoms with Gasteiger partial charge in [-0.05, 0) is 6.92 Å². The van der Waals surface area contributed by atoms with E-state index in [1.54, 1.807) is 6.92 Å². The van der Waals surface area contributed by atoms with E-state index in [-0.39, 0.29) is 0 Å². The molecule has 0 aromatic rings. The van der Waals surface area contributed by atoms with Crippen molar-refractivity contribution in [3.05, 3.63) is 0 Å². The molecule has 0 heterocycles. The van der Waals surface area contributed by atoms with Gasteiger partial charge < -0.3 is 0 Å². The molecule has 0 unspecified atom stereocenters. The van der Waals surface area contributed by atoms with Crippen LogP contribution in [0.2, 0.25) is 0 Å². The molecule has 6 heavy (non-hydrogen) atoms. The third kappa shape index (κ3) is 5.06. The van der Waals surface area contributed by atoms with E-state index >= 15 is 0 Å². The van der Waals surface area contributed by atoms with Crippen LogP contribution < -0.4 is 0 Å². The number of halogens is 3. The first-order valence-electron chi connectivity index (χ1n) is 1.50. The van der Waals surface area contributed by atoms with Crippen molar-refractivity contribution in [2.24, 2.45) is 0 Å². The summed E-state index contributed by atoms with van der Waals surface area (Å²) in [5.41, 5.74) is 0. The molecule has 38 valence electrons. The lowest BCUT2D eigenvalue weighted by molar-refractivity contribution is 1.02. The highest BCUT2D eigenvalue weighted by Crippen LogP contribution is 2.20. The van der Waals surface area contributed by atoms with Crippen LogP contribution in [0.3, 0.4) is 0 Å². The lowest BCUT2D eigenvalue weighted by Crippen LogP contribution is -2.05. The molecule has 3 heteroatoms. The molecule has 0 rings (SSSR count). The molecule has 0 aliphatic heterocycles. The Bertz CT molecular complexity index is 38.5. The minimum absolute atomic E-state index is 0.597. The maximum Gasteiger partial charge on any atom is 0.125 e. The Kier molecular flexibility index (Phi) is 2.81. The minimum atomic E-state index is -0.597. The summed E-state index contributed by atoms with van der Waals surface area (Å²) < 4.78 is -0.597. The number of alkyl halides is 3. The van der Waals surface area contributed by atoms with Gasteiger partial charge in [0.1, 0.15) is 4.33 Å². The van der Waals surface area contributed by atoms with Gasteiger partial charge in [0.2, 0.25) is 0 Å². The van der Waals surface area contributed by atoms with Crippen LogP contribution in [0.25, 0.3) is 0 Å². The van der Waals surface area contributed by atoms with E-state index in [4.69, 9.17) is 23.2 Å². The van der Waals surface area contributed by atoms with Gasteiger partial charge in [0.05, 0.1) is 0 Å². The standard InChI is InChI=1S/C3H5BrCl2/c1-3(5,6)2-4/h2H2,1H3. The summed E-state index contributed by atoms with van der Waals surface area (Å²) in [5.74, 6) is 0. The van der Waals surface area contributed by atoms with Crippen LogP contribution >= 0.6 is 39.1 Å². The van der Waals surface area contributed by atoms with Gasteiger partial charge >= 0.3 is 0 Å². The number of rotatable bonds is 1. The molecule has 0 aliphatic rings. The van der Waals surface area contributed by atoms with Crippen LogP contribution in [0.4, 0.5) is 0 Å². The predicted molar refractivity (Wildman–Crippen MR) is 33.9 cm³/mol. The quantitative estimate of drug-likeness (QED) is 0.560. The molecule has 0 atom stereocenters. The van der Waals surface area contributed by atoms with Crippen molar-refractivity contribution in [3.8, 4) is 0 Å². The Morgan fingerprint density at radius 1 is 1.67 bits per heavy atom. The van der Waals surface area contributed by atoms with Crippen molar-refractivity contribution in [2.45, 2.75) is 11.3 Å². The highest BCUT2D eigenvalue weighted by molar-refractivity contribution is 9.09. The molecule has 0 bridgehead atoms. The molecule has 0 aromatic heterocycles. The first kappa shape index (κ1) is 7.06. The van der Waals surface area contributed by atoms with Crippen molar-refractivity contribution in [3.63, 3.8) is 0 Å². The van der Waals surface area contributed by atoms with Crippen LogP contribution in [0.15, 0.2) is 0 Å². The maximum absolute atomic E-state index is 5.44. The Labute approximate surface area is 55.9 Å². The maximum atomic E-state index is 5.44. The zero-order valence-corrected chi connectivity index (χ0v) is 6.44. The summed E-state index contributed by atoms with van der Waals surface area (Å²) in [6.07, 6.45) is 0. The molecule has 0 saturated carbocycles. The molecule has 0 amide bonds. The number of hydrogen-bond acceptors (Lipinski definition) is 0. The van der Waals surface area contributed by atoms with Gasteiger partial charge in [-0.2, -0.15) is 0 Å². The second kappa shape index (κ2) is 2.39. The summed E-state index contributed by atoms with van der Waals surface area (Å²) in [5, 5.41) is 0.614. The first-order chi connectivity index (χ1) is 2.56. The fourth-order valence-corrected chi connectivity index (χ4v) is 0. The van der Waals surface area contributed by atoms with Crippen molar-refractivity contribution in [1.29, 1.82) is 0 Å². The average molecular weight is 192 g/mol. The topological polar surface area (TPSA) is 0 Å². The van der Waals surface area contributed by atoms with Crippen molar-refractivity contribution in [2.75, 3.05) is 5.33 Å². The lowest BCUT2D eigenvalue weighted by Gasteiger charge is -2.04. The highest BCUT2D eigenvalue weighted by atomic mass is 79.9. The summed E-state index contributed by atoms with van der Waals surface area (Å²) in [7, 11) is 0. The van der Waals surface area contributed by atoms with E-state index in [1.807, 2.05) is 0 Å². The van der Waals surface area contributed by atoms with E-state index in [9.17, 15) is 0 Å². The molecule has 0 radical (unpaired) electrons. The molecular formula is C3H5BrCl2. The van der Waals surface area contributed by atoms with Gasteiger partial charge in [0, 0.05) is 5.33 Å². The van der Waals surface area contributed by atoms with Gasteiger partial charge in [-0.15, -0.1) is 23.2 Å². The van der Waals surface area contributed by atoms with Gasteiger partial charge in [-0.3, -0.25) is 0 Å². The summed E-state index contributed by atoms with van der Waals surface area (Å²) in [6, 6.07) is 0. The normalized spacial score (nSPS) is 12.0. The fraction of sp³-hybridized carbons (Fsp3) is 1.00. The Morgan fingerprint density at radius 3 is 1.83 bits per heavy atom. The molecule has 0 spiro atoms. The predicted octanol–water partition coefficient (Wildman–Crippen LogP) is 2.58. The van der Waals surface area contributed by atoms with Gasteiger partial charge in [-0.1, -0.05) is 15.9 Å². The van der Waals surface area contributed by atoms with E-state index < -0.39 is 4.33 Å². The SMILES string of the molecule is CC(Cl)(Cl)CBr. The Morgan fingerprint density at radius 2 is 1.83 bits per heavy atom. The molecule has 0 saturated heterocycles. The monoisotopic (exact) mass is 190 g/mol. The zero-order valence-electron chi connectivity index (χ0n) is 3.34. The highest BCUT2D eigenvalue weighted by Gasteiger charge is 2.11. The second-order valence-electron chi connectivity index (χ2n) is 1.20. The van der Waals surface area contributed by atoms with Gasteiger partial charge in [0.25, 0.3) is 0 Å². The zero-order chi connectivity index (χ0) is 5.21. The van der Waals surface area contributed by atoms with E-state index in [1.165, 1.54) is 0 Å². The van der Waals surface area contributed by atoms with Crippen LogP contribution in [0.1, 0.15) is 6.92 Å². The molecule has 0 aromatic carbocycles. The third-order valence-electron chi connectivity index (χ3n) is 0.235. The largest absolute Gasteiger partial charge is 0.125 e. The second-order valence-corrected chi connectivity index (χ2v) is 3.63. The van der Waals surface area contributed by atoms with E-state index in [0.717, 1.165) is 0 Å². The third-order valence-corrected chi connectivity index (χ3v) is 2.27. The molecule has 0 N–H and O–H groups in total.